The van der Waals surface area contributed by atoms with E-state index < -0.39 is 36.0 Å². The van der Waals surface area contributed by atoms with E-state index in [1.54, 1.807) is 12.1 Å². The van der Waals surface area contributed by atoms with Crippen molar-refractivity contribution in [3.8, 4) is 0 Å². The molecule has 36 heavy (non-hydrogen) atoms. The average Bonchev–Trinajstić information content (AvgIpc) is 2.80. The zero-order chi connectivity index (χ0) is 26.7. The highest BCUT2D eigenvalue weighted by molar-refractivity contribution is 8.14. The first-order valence-electron chi connectivity index (χ1n) is 10.6. The molecule has 0 saturated carbocycles. The molecule has 0 spiro atoms. The molecule has 2 aromatic carbocycles. The molecular formula is C22H26Cl2N6O4S2. The van der Waals surface area contributed by atoms with Gasteiger partial charge >= 0.3 is 5.97 Å². The molecule has 0 aliphatic rings. The number of carboxylic acids is 1. The number of nitrogens with one attached hydrogen (secondary N) is 2. The number of Topliss-reactive ketones (excluding diaryl/α,β-unsaturated/α-hetero) is 1. The van der Waals surface area contributed by atoms with Gasteiger partial charge in [-0.1, -0.05) is 65.3 Å². The summed E-state index contributed by atoms with van der Waals surface area (Å²) in [7, 11) is 0. The summed E-state index contributed by atoms with van der Waals surface area (Å²) in [6.07, 6.45) is -0.610. The number of ketones is 1. The fraction of sp³-hybridized carbons (Fsp3) is 0.273. The van der Waals surface area contributed by atoms with Crippen LogP contribution in [0.5, 0.6) is 0 Å². The van der Waals surface area contributed by atoms with E-state index in [9.17, 15) is 14.4 Å². The van der Waals surface area contributed by atoms with Crippen LogP contribution in [0, 0.1) is 0 Å². The molecule has 14 heteroatoms. The number of rotatable bonds is 12. The summed E-state index contributed by atoms with van der Waals surface area (Å²) in [6, 6.07) is 11.3. The predicted octanol–water partition coefficient (Wildman–Crippen LogP) is 3.98. The number of amides is 1. The second-order valence-electron chi connectivity index (χ2n) is 7.26. The molecule has 0 aliphatic heterocycles. The van der Waals surface area contributed by atoms with Crippen LogP contribution in [0.15, 0.2) is 52.5 Å². The van der Waals surface area contributed by atoms with Gasteiger partial charge in [-0.15, -0.1) is 5.10 Å². The van der Waals surface area contributed by atoms with Crippen LogP contribution < -0.4 is 22.2 Å². The van der Waals surface area contributed by atoms with E-state index in [0.717, 1.165) is 39.9 Å². The molecule has 10 nitrogen and oxygen atoms in total. The van der Waals surface area contributed by atoms with Gasteiger partial charge in [-0.05, 0) is 36.4 Å². The second kappa shape index (κ2) is 14.8. The maximum absolute atomic E-state index is 12.7. The Hall–Kier alpha value is -2.64. The van der Waals surface area contributed by atoms with E-state index in [1.165, 1.54) is 0 Å². The van der Waals surface area contributed by atoms with Crippen molar-refractivity contribution in [1.82, 2.24) is 10.4 Å². The number of carboxylic acid groups (broad SMARTS) is 1. The van der Waals surface area contributed by atoms with Gasteiger partial charge in [-0.25, -0.2) is 11.0 Å². The first-order valence-corrected chi connectivity index (χ1v) is 13.1. The Bertz CT molecular complexity index is 1080. The maximum atomic E-state index is 12.7. The molecule has 0 radical (unpaired) electrons. The van der Waals surface area contributed by atoms with Crippen molar-refractivity contribution in [3.05, 3.63) is 58.1 Å². The molecule has 0 bridgehead atoms. The Labute approximate surface area is 227 Å². The quantitative estimate of drug-likeness (QED) is 0.0825. The van der Waals surface area contributed by atoms with Crippen LogP contribution >= 0.6 is 46.7 Å². The van der Waals surface area contributed by atoms with Crippen LogP contribution in [0.1, 0.15) is 18.9 Å². The summed E-state index contributed by atoms with van der Waals surface area (Å²) >= 11 is 14.4. The molecule has 0 aliphatic carbocycles. The lowest BCUT2D eigenvalue weighted by Gasteiger charge is -2.19. The van der Waals surface area contributed by atoms with Gasteiger partial charge in [0.05, 0.1) is 21.4 Å². The average molecular weight is 574 g/mol. The van der Waals surface area contributed by atoms with Crippen LogP contribution in [0.3, 0.4) is 0 Å². The number of nitrogens with zero attached hydrogens (tertiary/aromatic N) is 2. The van der Waals surface area contributed by atoms with Crippen LogP contribution in [-0.2, 0) is 15.3 Å². The Balaban J connectivity index is 1.98. The van der Waals surface area contributed by atoms with Crippen molar-refractivity contribution in [3.63, 3.8) is 0 Å². The number of carbonyl (C=O) groups excluding carboxylic acids is 2. The van der Waals surface area contributed by atoms with Gasteiger partial charge < -0.3 is 21.5 Å². The third kappa shape index (κ3) is 10.2. The van der Waals surface area contributed by atoms with E-state index in [1.807, 2.05) is 37.3 Å². The van der Waals surface area contributed by atoms with Crippen molar-refractivity contribution in [1.29, 1.82) is 0 Å². The molecule has 0 fully saturated rings. The lowest BCUT2D eigenvalue weighted by atomic mass is 10.1. The van der Waals surface area contributed by atoms with Gasteiger partial charge in [0.2, 0.25) is 0 Å². The monoisotopic (exact) mass is 572 g/mol. The number of halogens is 2. The van der Waals surface area contributed by atoms with Crippen molar-refractivity contribution in [2.24, 2.45) is 16.7 Å². The first kappa shape index (κ1) is 29.6. The Kier molecular flexibility index (Phi) is 12.2. The molecular weight excluding hydrogens is 547 g/mol. The van der Waals surface area contributed by atoms with E-state index in [0.29, 0.717) is 27.2 Å². The molecule has 0 saturated heterocycles. The van der Waals surface area contributed by atoms with Crippen molar-refractivity contribution < 1.29 is 19.5 Å². The van der Waals surface area contributed by atoms with Gasteiger partial charge in [0.25, 0.3) is 5.24 Å². The van der Waals surface area contributed by atoms with E-state index >= 15 is 0 Å². The Morgan fingerprint density at radius 3 is 2.39 bits per heavy atom. The minimum atomic E-state index is -1.30. The normalized spacial score (nSPS) is 12.1. The molecule has 1 unspecified atom stereocenters. The van der Waals surface area contributed by atoms with Crippen molar-refractivity contribution in [2.45, 2.75) is 30.0 Å². The number of aliphatic carboxylic acids is 1. The van der Waals surface area contributed by atoms with E-state index in [2.05, 4.69) is 15.7 Å². The van der Waals surface area contributed by atoms with Crippen LogP contribution in [0.25, 0.3) is 0 Å². The highest BCUT2D eigenvalue weighted by Gasteiger charge is 2.25. The van der Waals surface area contributed by atoms with E-state index in [4.69, 9.17) is 39.9 Å². The SMILES string of the molecule is CCNc1cc(Cl)c(S/C(N)=N/N(N)CC(=O)C(CC(=O)O)NC(=O)SCc2ccccc2)c(Cl)c1. The number of hydrazine groups is 1. The van der Waals surface area contributed by atoms with Gasteiger partial charge in [-0.2, -0.15) is 0 Å². The minimum Gasteiger partial charge on any atom is -0.481 e. The number of hydrazone groups is 1. The lowest BCUT2D eigenvalue weighted by Crippen LogP contribution is -2.46. The summed E-state index contributed by atoms with van der Waals surface area (Å²) in [4.78, 5) is 36.6. The fourth-order valence-corrected chi connectivity index (χ4v) is 4.95. The number of anilines is 1. The molecule has 2 rings (SSSR count). The molecule has 1 amide bonds. The highest BCUT2D eigenvalue weighted by atomic mass is 35.5. The summed E-state index contributed by atoms with van der Waals surface area (Å²) in [5, 5.41) is 19.5. The third-order valence-electron chi connectivity index (χ3n) is 4.40. The molecule has 0 aromatic heterocycles. The van der Waals surface area contributed by atoms with Crippen molar-refractivity contribution >= 4 is 74.6 Å². The third-order valence-corrected chi connectivity index (χ3v) is 7.02. The van der Waals surface area contributed by atoms with Crippen LogP contribution in [0.4, 0.5) is 10.5 Å². The molecule has 1 atom stereocenters. The predicted molar refractivity (Wildman–Crippen MR) is 146 cm³/mol. The standard InChI is InChI=1S/C22H26Cl2N6O4S2/c1-2-27-14-8-15(23)20(16(24)9-14)36-21(25)29-30(26)11-18(31)17(10-19(32)33)28-22(34)35-12-13-6-4-3-5-7-13/h3-9,17,27H,2,10-12,26H2,1H3,(H2,25,29)(H,28,34)(H,32,33). The van der Waals surface area contributed by atoms with Crippen molar-refractivity contribution in [2.75, 3.05) is 18.4 Å². The number of carbonyl (C=O) groups is 3. The summed E-state index contributed by atoms with van der Waals surface area (Å²) in [5.41, 5.74) is 7.58. The van der Waals surface area contributed by atoms with Gasteiger partial charge in [-0.3, -0.25) is 14.4 Å². The highest BCUT2D eigenvalue weighted by Crippen LogP contribution is 2.36. The molecule has 7 N–H and O–H groups in total. The number of thioether (sulfide) groups is 2. The minimum absolute atomic E-state index is 0.0532. The lowest BCUT2D eigenvalue weighted by molar-refractivity contribution is -0.139. The molecule has 194 valence electrons. The fourth-order valence-electron chi connectivity index (χ4n) is 2.85. The van der Waals surface area contributed by atoms with Crippen LogP contribution in [0.2, 0.25) is 10.0 Å². The zero-order valence-electron chi connectivity index (χ0n) is 19.2. The Morgan fingerprint density at radius 1 is 1.17 bits per heavy atom. The summed E-state index contributed by atoms with van der Waals surface area (Å²) in [6.45, 7) is 2.12. The summed E-state index contributed by atoms with van der Waals surface area (Å²) < 4.78 is 0. The number of nitrogens with two attached hydrogens (primary N) is 2. The topological polar surface area (TPSA) is 163 Å². The largest absolute Gasteiger partial charge is 0.481 e. The van der Waals surface area contributed by atoms with Gasteiger partial charge in [0, 0.05) is 18.0 Å². The first-order chi connectivity index (χ1) is 17.1. The van der Waals surface area contributed by atoms with Gasteiger partial charge in [0.1, 0.15) is 12.6 Å². The number of hydrogen-bond acceptors (Lipinski definition) is 9. The van der Waals surface area contributed by atoms with Gasteiger partial charge in [0.15, 0.2) is 11.0 Å². The van der Waals surface area contributed by atoms with Crippen LogP contribution in [-0.4, -0.2) is 51.5 Å². The smallest absolute Gasteiger partial charge is 0.305 e. The maximum Gasteiger partial charge on any atom is 0.305 e. The van der Waals surface area contributed by atoms with E-state index in [-0.39, 0.29) is 5.17 Å². The Morgan fingerprint density at radius 2 is 1.81 bits per heavy atom. The summed E-state index contributed by atoms with van der Waals surface area (Å²) in [5.74, 6) is 4.25. The second-order valence-corrected chi connectivity index (χ2v) is 10.1. The number of amidine groups is 1. The zero-order valence-corrected chi connectivity index (χ0v) is 22.4. The molecule has 2 aromatic rings. The molecule has 0 heterocycles. The number of benzene rings is 2. The number of hydrogen-bond donors (Lipinski definition) is 5.